The number of carbonyl (C=O) groups is 1. The van der Waals surface area contributed by atoms with Gasteiger partial charge >= 0.3 is 0 Å². The van der Waals surface area contributed by atoms with Crippen molar-refractivity contribution in [1.82, 2.24) is 10.6 Å². The molecule has 132 valence electrons. The number of hydrogen-bond acceptors (Lipinski definition) is 4. The predicted octanol–water partition coefficient (Wildman–Crippen LogP) is 3.45. The zero-order chi connectivity index (χ0) is 18.4. The van der Waals surface area contributed by atoms with Gasteiger partial charge in [-0.2, -0.15) is 0 Å². The molecule has 25 heavy (non-hydrogen) atoms. The van der Waals surface area contributed by atoms with E-state index in [0.717, 1.165) is 5.56 Å². The van der Waals surface area contributed by atoms with E-state index in [-0.39, 0.29) is 22.8 Å². The molecule has 2 rings (SSSR count). The van der Waals surface area contributed by atoms with Crippen molar-refractivity contribution in [1.29, 1.82) is 0 Å². The molecule has 0 fully saturated rings. The summed E-state index contributed by atoms with van der Waals surface area (Å²) >= 11 is 0. The minimum Gasteiger partial charge on any atom is -0.350 e. The molecule has 0 heterocycles. The molecule has 2 aromatic rings. The smallest absolute Gasteiger partial charge is 0.282 e. The number of nitro groups is 1. The maximum Gasteiger partial charge on any atom is 0.282 e. The number of benzene rings is 2. The number of nitro benzene ring substituents is 1. The van der Waals surface area contributed by atoms with Crippen LogP contribution in [0.4, 0.5) is 5.69 Å². The lowest BCUT2D eigenvalue weighted by atomic mass is 10.0. The van der Waals surface area contributed by atoms with Gasteiger partial charge < -0.3 is 10.6 Å². The summed E-state index contributed by atoms with van der Waals surface area (Å²) in [5, 5.41) is 17.3. The Morgan fingerprint density at radius 2 is 1.72 bits per heavy atom. The van der Waals surface area contributed by atoms with E-state index in [9.17, 15) is 14.9 Å². The first kappa shape index (κ1) is 18.6. The van der Waals surface area contributed by atoms with Gasteiger partial charge in [-0.25, -0.2) is 0 Å². The average molecular weight is 341 g/mol. The third-order valence-corrected chi connectivity index (χ3v) is 3.94. The zero-order valence-electron chi connectivity index (χ0n) is 14.7. The van der Waals surface area contributed by atoms with E-state index in [1.807, 2.05) is 44.2 Å². The van der Waals surface area contributed by atoms with Crippen LogP contribution in [0.25, 0.3) is 0 Å². The van der Waals surface area contributed by atoms with Crippen LogP contribution in [0.5, 0.6) is 0 Å². The van der Waals surface area contributed by atoms with Crippen LogP contribution in [0.2, 0.25) is 0 Å². The number of hydrogen-bond donors (Lipinski definition) is 2. The van der Waals surface area contributed by atoms with Crippen LogP contribution in [0.15, 0.2) is 54.6 Å². The van der Waals surface area contributed by atoms with Crippen molar-refractivity contribution in [3.63, 3.8) is 0 Å². The molecule has 0 saturated heterocycles. The fourth-order valence-corrected chi connectivity index (χ4v) is 2.68. The van der Waals surface area contributed by atoms with Crippen LogP contribution >= 0.6 is 0 Å². The molecule has 0 bridgehead atoms. The summed E-state index contributed by atoms with van der Waals surface area (Å²) in [6.45, 7) is 6.36. The van der Waals surface area contributed by atoms with Gasteiger partial charge in [-0.3, -0.25) is 14.9 Å². The summed E-state index contributed by atoms with van der Waals surface area (Å²) in [5.41, 5.74) is 0.650. The molecule has 0 aliphatic heterocycles. The maximum absolute atomic E-state index is 12.3. The lowest BCUT2D eigenvalue weighted by molar-refractivity contribution is -0.385. The number of nitrogens with one attached hydrogen (secondary N) is 2. The molecule has 0 aliphatic carbocycles. The minimum atomic E-state index is -0.546. The van der Waals surface area contributed by atoms with Gasteiger partial charge in [-0.1, -0.05) is 42.5 Å². The molecule has 0 aromatic heterocycles. The van der Waals surface area contributed by atoms with Gasteiger partial charge in [-0.05, 0) is 32.4 Å². The molecular formula is C19H23N3O3. The van der Waals surface area contributed by atoms with Crippen molar-refractivity contribution in [2.24, 2.45) is 0 Å². The Hall–Kier alpha value is -2.73. The Kier molecular flexibility index (Phi) is 5.88. The van der Waals surface area contributed by atoms with E-state index in [0.29, 0.717) is 6.54 Å². The fraction of sp³-hybridized carbons (Fsp3) is 0.316. The first-order valence-corrected chi connectivity index (χ1v) is 8.14. The summed E-state index contributed by atoms with van der Waals surface area (Å²) in [5.74, 6) is -0.450. The Morgan fingerprint density at radius 3 is 2.36 bits per heavy atom. The highest BCUT2D eigenvalue weighted by Crippen LogP contribution is 2.18. The molecule has 0 unspecified atom stereocenters. The summed E-state index contributed by atoms with van der Waals surface area (Å²) < 4.78 is 0. The predicted molar refractivity (Wildman–Crippen MR) is 97.5 cm³/mol. The molecule has 6 nitrogen and oxygen atoms in total. The molecule has 0 spiro atoms. The van der Waals surface area contributed by atoms with Crippen LogP contribution in [0, 0.1) is 10.1 Å². The van der Waals surface area contributed by atoms with Gasteiger partial charge in [0.05, 0.1) is 4.92 Å². The highest BCUT2D eigenvalue weighted by molar-refractivity contribution is 5.98. The Labute approximate surface area is 147 Å². The second-order valence-electron chi connectivity index (χ2n) is 6.62. The number of amides is 1. The van der Waals surface area contributed by atoms with Crippen LogP contribution in [0.3, 0.4) is 0 Å². The van der Waals surface area contributed by atoms with Crippen LogP contribution < -0.4 is 10.6 Å². The van der Waals surface area contributed by atoms with Crippen molar-refractivity contribution in [2.45, 2.75) is 32.4 Å². The van der Waals surface area contributed by atoms with Gasteiger partial charge in [0.25, 0.3) is 11.6 Å². The van der Waals surface area contributed by atoms with Crippen LogP contribution in [-0.4, -0.2) is 22.9 Å². The topological polar surface area (TPSA) is 84.3 Å². The average Bonchev–Trinajstić information content (AvgIpc) is 2.60. The Balaban J connectivity index is 2.00. The van der Waals surface area contributed by atoms with Gasteiger partial charge in [0.2, 0.25) is 0 Å². The van der Waals surface area contributed by atoms with E-state index in [1.165, 1.54) is 12.1 Å². The normalized spacial score (nSPS) is 12.4. The zero-order valence-corrected chi connectivity index (χ0v) is 14.7. The van der Waals surface area contributed by atoms with E-state index < -0.39 is 10.8 Å². The second kappa shape index (κ2) is 7.90. The molecule has 0 saturated carbocycles. The number of nitrogens with zero attached hydrogens (tertiary/aromatic N) is 1. The van der Waals surface area contributed by atoms with Crippen LogP contribution in [0.1, 0.15) is 42.7 Å². The van der Waals surface area contributed by atoms with E-state index >= 15 is 0 Å². The minimum absolute atomic E-state index is 0.0689. The van der Waals surface area contributed by atoms with Crippen molar-refractivity contribution in [3.05, 3.63) is 75.8 Å². The number of rotatable bonds is 7. The van der Waals surface area contributed by atoms with Crippen molar-refractivity contribution < 1.29 is 9.72 Å². The summed E-state index contributed by atoms with van der Waals surface area (Å²) in [6.07, 6.45) is 0. The van der Waals surface area contributed by atoms with E-state index in [1.54, 1.807) is 12.1 Å². The largest absolute Gasteiger partial charge is 0.350 e. The fourth-order valence-electron chi connectivity index (χ4n) is 2.68. The molecule has 0 radical (unpaired) electrons. The first-order chi connectivity index (χ1) is 11.8. The highest BCUT2D eigenvalue weighted by atomic mass is 16.6. The molecule has 1 atom stereocenters. The number of carbonyl (C=O) groups excluding carboxylic acids is 1. The Bertz CT molecular complexity index is 745. The molecule has 0 aliphatic rings. The molecule has 6 heteroatoms. The molecule has 1 amide bonds. The Morgan fingerprint density at radius 1 is 1.12 bits per heavy atom. The lowest BCUT2D eigenvalue weighted by Gasteiger charge is -2.30. The lowest BCUT2D eigenvalue weighted by Crippen LogP contribution is -2.49. The van der Waals surface area contributed by atoms with Gasteiger partial charge in [0.1, 0.15) is 5.56 Å². The monoisotopic (exact) mass is 341 g/mol. The first-order valence-electron chi connectivity index (χ1n) is 8.14. The SMILES string of the molecule is C[C@H](NC(C)(C)CNC(=O)c1ccccc1[N+](=O)[O-])c1ccccc1. The second-order valence-corrected chi connectivity index (χ2v) is 6.62. The van der Waals surface area contributed by atoms with Crippen molar-refractivity contribution >= 4 is 11.6 Å². The molecule has 2 aromatic carbocycles. The number of para-hydroxylation sites is 1. The van der Waals surface area contributed by atoms with E-state index in [2.05, 4.69) is 17.6 Å². The highest BCUT2D eigenvalue weighted by Gasteiger charge is 2.24. The summed E-state index contributed by atoms with van der Waals surface area (Å²) in [6, 6.07) is 16.1. The van der Waals surface area contributed by atoms with E-state index in [4.69, 9.17) is 0 Å². The maximum atomic E-state index is 12.3. The molecular weight excluding hydrogens is 318 g/mol. The van der Waals surface area contributed by atoms with Gasteiger partial charge in [-0.15, -0.1) is 0 Å². The molecule has 2 N–H and O–H groups in total. The summed E-state index contributed by atoms with van der Waals surface area (Å²) in [7, 11) is 0. The van der Waals surface area contributed by atoms with Crippen molar-refractivity contribution in [3.8, 4) is 0 Å². The third kappa shape index (κ3) is 5.12. The standard InChI is InChI=1S/C19H23N3O3/c1-14(15-9-5-4-6-10-15)21-19(2,3)13-20-18(23)16-11-7-8-12-17(16)22(24)25/h4-12,14,21H,13H2,1-3H3,(H,20,23)/t14-/m0/s1. The van der Waals surface area contributed by atoms with Crippen molar-refractivity contribution in [2.75, 3.05) is 6.54 Å². The summed E-state index contributed by atoms with van der Waals surface area (Å²) in [4.78, 5) is 22.8. The third-order valence-electron chi connectivity index (χ3n) is 3.94. The van der Waals surface area contributed by atoms with Crippen LogP contribution in [-0.2, 0) is 0 Å². The van der Waals surface area contributed by atoms with Gasteiger partial charge in [0, 0.05) is 24.2 Å². The quantitative estimate of drug-likeness (QED) is 0.597. The van der Waals surface area contributed by atoms with Gasteiger partial charge in [0.15, 0.2) is 0 Å².